The van der Waals surface area contributed by atoms with Crippen molar-refractivity contribution in [2.24, 2.45) is 11.7 Å². The molecular formula is C22H25FN2O3. The number of ether oxygens (including phenoxy) is 1. The van der Waals surface area contributed by atoms with Gasteiger partial charge in [-0.2, -0.15) is 0 Å². The largest absolute Gasteiger partial charge is 0.367 e. The highest BCUT2D eigenvalue weighted by Crippen LogP contribution is 2.27. The van der Waals surface area contributed by atoms with Crippen LogP contribution in [-0.4, -0.2) is 42.0 Å². The molecular weight excluding hydrogens is 359 g/mol. The number of carbonyl (C=O) groups excluding carboxylic acids is 2. The molecule has 1 heterocycles. The number of primary amides is 1. The third kappa shape index (κ3) is 4.22. The van der Waals surface area contributed by atoms with Gasteiger partial charge in [0.05, 0.1) is 13.2 Å². The quantitative estimate of drug-likeness (QED) is 0.862. The Kier molecular flexibility index (Phi) is 5.79. The van der Waals surface area contributed by atoms with E-state index in [-0.39, 0.29) is 37.2 Å². The maximum absolute atomic E-state index is 13.6. The second kappa shape index (κ2) is 8.10. The predicted molar refractivity (Wildman–Crippen MR) is 105 cm³/mol. The third-order valence-corrected chi connectivity index (χ3v) is 5.02. The molecule has 2 aromatic carbocycles. The van der Waals surface area contributed by atoms with E-state index in [0.29, 0.717) is 6.54 Å². The molecule has 2 amide bonds. The first-order chi connectivity index (χ1) is 13.3. The lowest BCUT2D eigenvalue weighted by Gasteiger charge is -2.41. The van der Waals surface area contributed by atoms with Gasteiger partial charge < -0.3 is 15.4 Å². The molecule has 0 saturated carbocycles. The monoisotopic (exact) mass is 384 g/mol. The Morgan fingerprint density at radius 2 is 1.86 bits per heavy atom. The second-order valence-electron chi connectivity index (χ2n) is 7.51. The number of hydrogen-bond donors (Lipinski definition) is 1. The molecule has 6 heteroatoms. The summed E-state index contributed by atoms with van der Waals surface area (Å²) in [7, 11) is 0. The minimum Gasteiger partial charge on any atom is -0.367 e. The summed E-state index contributed by atoms with van der Waals surface area (Å²) in [6.45, 7) is 4.47. The predicted octanol–water partition coefficient (Wildman–Crippen LogP) is 2.77. The van der Waals surface area contributed by atoms with Gasteiger partial charge in [-0.3, -0.25) is 9.59 Å². The normalized spacial score (nSPS) is 19.6. The summed E-state index contributed by atoms with van der Waals surface area (Å²) in [4.78, 5) is 26.4. The summed E-state index contributed by atoms with van der Waals surface area (Å²) in [5.41, 5.74) is 6.85. The average Bonchev–Trinajstić information content (AvgIpc) is 2.67. The number of amides is 2. The van der Waals surface area contributed by atoms with Gasteiger partial charge in [-0.05, 0) is 28.8 Å². The van der Waals surface area contributed by atoms with Gasteiger partial charge in [-0.15, -0.1) is 0 Å². The molecule has 28 heavy (non-hydrogen) atoms. The molecule has 0 aliphatic carbocycles. The van der Waals surface area contributed by atoms with Gasteiger partial charge >= 0.3 is 0 Å². The van der Waals surface area contributed by atoms with Crippen molar-refractivity contribution in [1.29, 1.82) is 0 Å². The molecule has 0 aromatic heterocycles. The molecule has 148 valence electrons. The number of halogens is 1. The first-order valence-electron chi connectivity index (χ1n) is 9.38. The molecule has 5 nitrogen and oxygen atoms in total. The van der Waals surface area contributed by atoms with E-state index in [4.69, 9.17) is 10.5 Å². The van der Waals surface area contributed by atoms with E-state index >= 15 is 0 Å². The number of rotatable bonds is 5. The molecule has 2 N–H and O–H groups in total. The highest BCUT2D eigenvalue weighted by Gasteiger charge is 2.44. The Labute approximate surface area is 164 Å². The van der Waals surface area contributed by atoms with Crippen LogP contribution in [0.5, 0.6) is 0 Å². The van der Waals surface area contributed by atoms with E-state index < -0.39 is 11.5 Å². The van der Waals surface area contributed by atoms with Crippen molar-refractivity contribution < 1.29 is 18.7 Å². The summed E-state index contributed by atoms with van der Waals surface area (Å²) in [6.07, 6.45) is 0.243. The fourth-order valence-electron chi connectivity index (χ4n) is 3.54. The molecule has 0 bridgehead atoms. The van der Waals surface area contributed by atoms with E-state index in [1.54, 1.807) is 11.0 Å². The minimum atomic E-state index is -1.27. The lowest BCUT2D eigenvalue weighted by molar-refractivity contribution is -0.165. The van der Waals surface area contributed by atoms with E-state index in [0.717, 1.165) is 16.7 Å². The topological polar surface area (TPSA) is 72.6 Å². The van der Waals surface area contributed by atoms with Gasteiger partial charge in [0.2, 0.25) is 5.91 Å². The number of nitrogens with zero attached hydrogens (tertiary/aromatic N) is 1. The number of hydrogen-bond acceptors (Lipinski definition) is 3. The van der Waals surface area contributed by atoms with Crippen LogP contribution in [0.25, 0.3) is 11.1 Å². The molecule has 0 unspecified atom stereocenters. The van der Waals surface area contributed by atoms with E-state index in [2.05, 4.69) is 0 Å². The molecule has 0 radical (unpaired) electrons. The van der Waals surface area contributed by atoms with Crippen LogP contribution in [0.4, 0.5) is 4.39 Å². The maximum Gasteiger partial charge on any atom is 0.251 e. The zero-order chi connectivity index (χ0) is 20.3. The fourth-order valence-corrected chi connectivity index (χ4v) is 3.54. The summed E-state index contributed by atoms with van der Waals surface area (Å²) in [5.74, 6) is -1.10. The Hall–Kier alpha value is -2.73. The van der Waals surface area contributed by atoms with Crippen LogP contribution in [0.2, 0.25) is 0 Å². The van der Waals surface area contributed by atoms with Gasteiger partial charge in [-0.1, -0.05) is 50.2 Å². The molecule has 1 fully saturated rings. The zero-order valence-corrected chi connectivity index (χ0v) is 16.2. The van der Waals surface area contributed by atoms with Crippen molar-refractivity contribution in [2.75, 3.05) is 19.7 Å². The number of benzene rings is 2. The summed E-state index contributed by atoms with van der Waals surface area (Å²) < 4.78 is 19.4. The van der Waals surface area contributed by atoms with Crippen LogP contribution in [0, 0.1) is 11.7 Å². The molecule has 1 aliphatic rings. The van der Waals surface area contributed by atoms with Gasteiger partial charge in [0.25, 0.3) is 5.91 Å². The van der Waals surface area contributed by atoms with E-state index in [9.17, 15) is 14.0 Å². The summed E-state index contributed by atoms with van der Waals surface area (Å²) in [6, 6.07) is 13.8. The van der Waals surface area contributed by atoms with Crippen LogP contribution in [0.3, 0.4) is 0 Å². The Morgan fingerprint density at radius 3 is 2.50 bits per heavy atom. The average molecular weight is 384 g/mol. The number of nitrogens with two attached hydrogens (primary N) is 1. The van der Waals surface area contributed by atoms with Crippen LogP contribution in [0.1, 0.15) is 19.4 Å². The SMILES string of the molecule is CC(C)C(=O)N1CCO[C@@](Cc2cccc(-c3cccc(F)c3)c2)(C(N)=O)C1. The van der Waals surface area contributed by atoms with Crippen molar-refractivity contribution in [2.45, 2.75) is 25.9 Å². The molecule has 0 spiro atoms. The zero-order valence-electron chi connectivity index (χ0n) is 16.2. The van der Waals surface area contributed by atoms with Crippen molar-refractivity contribution in [3.63, 3.8) is 0 Å². The molecule has 1 aliphatic heterocycles. The third-order valence-electron chi connectivity index (χ3n) is 5.02. The van der Waals surface area contributed by atoms with Crippen LogP contribution in [0.15, 0.2) is 48.5 Å². The molecule has 1 atom stereocenters. The van der Waals surface area contributed by atoms with Gasteiger partial charge in [0.15, 0.2) is 5.60 Å². The van der Waals surface area contributed by atoms with E-state index in [1.165, 1.54) is 12.1 Å². The Bertz CT molecular complexity index is 884. The lowest BCUT2D eigenvalue weighted by atomic mass is 9.89. The van der Waals surface area contributed by atoms with Crippen molar-refractivity contribution >= 4 is 11.8 Å². The first-order valence-corrected chi connectivity index (χ1v) is 9.38. The standard InChI is InChI=1S/C22H25FN2O3/c1-15(2)20(26)25-9-10-28-22(14-25,21(24)27)13-16-5-3-6-17(11-16)18-7-4-8-19(23)12-18/h3-8,11-12,15H,9-10,13-14H2,1-2H3,(H2,24,27)/t22-/m1/s1. The minimum absolute atomic E-state index is 0.0255. The van der Waals surface area contributed by atoms with Crippen LogP contribution < -0.4 is 5.73 Å². The summed E-state index contributed by atoms with van der Waals surface area (Å²) in [5, 5.41) is 0. The van der Waals surface area contributed by atoms with Crippen LogP contribution in [-0.2, 0) is 20.7 Å². The van der Waals surface area contributed by atoms with E-state index in [1.807, 2.05) is 44.2 Å². The molecule has 2 aromatic rings. The number of carbonyl (C=O) groups is 2. The second-order valence-corrected chi connectivity index (χ2v) is 7.51. The van der Waals surface area contributed by atoms with Crippen molar-refractivity contribution in [3.05, 3.63) is 59.9 Å². The molecule has 3 rings (SSSR count). The Balaban J connectivity index is 1.88. The van der Waals surface area contributed by atoms with Gasteiger partial charge in [0, 0.05) is 18.9 Å². The highest BCUT2D eigenvalue weighted by molar-refractivity contribution is 5.86. The summed E-state index contributed by atoms with van der Waals surface area (Å²) >= 11 is 0. The fraction of sp³-hybridized carbons (Fsp3) is 0.364. The molecule has 1 saturated heterocycles. The first kappa shape index (κ1) is 20.0. The van der Waals surface area contributed by atoms with Crippen LogP contribution >= 0.6 is 0 Å². The van der Waals surface area contributed by atoms with Gasteiger partial charge in [-0.25, -0.2) is 4.39 Å². The Morgan fingerprint density at radius 1 is 1.18 bits per heavy atom. The lowest BCUT2D eigenvalue weighted by Crippen LogP contribution is -2.61. The highest BCUT2D eigenvalue weighted by atomic mass is 19.1. The van der Waals surface area contributed by atoms with Crippen molar-refractivity contribution in [3.8, 4) is 11.1 Å². The van der Waals surface area contributed by atoms with Gasteiger partial charge in [0.1, 0.15) is 5.82 Å². The number of morpholine rings is 1. The van der Waals surface area contributed by atoms with Crippen molar-refractivity contribution in [1.82, 2.24) is 4.90 Å². The smallest absolute Gasteiger partial charge is 0.251 e. The maximum atomic E-state index is 13.6.